The average Bonchev–Trinajstić information content (AvgIpc) is 2.84. The zero-order valence-corrected chi connectivity index (χ0v) is 8.09. The lowest BCUT2D eigenvalue weighted by molar-refractivity contribution is -0.154. The van der Waals surface area contributed by atoms with Crippen molar-refractivity contribution >= 4 is 5.97 Å². The summed E-state index contributed by atoms with van der Waals surface area (Å²) < 4.78 is 40.1. The van der Waals surface area contributed by atoms with Gasteiger partial charge in [-0.1, -0.05) is 0 Å². The van der Waals surface area contributed by atoms with Gasteiger partial charge in [-0.05, 0) is 25.2 Å². The van der Waals surface area contributed by atoms with E-state index in [-0.39, 0.29) is 18.9 Å². The molecule has 6 heteroatoms. The van der Waals surface area contributed by atoms with Crippen LogP contribution in [0.15, 0.2) is 0 Å². The molecule has 15 heavy (non-hydrogen) atoms. The summed E-state index contributed by atoms with van der Waals surface area (Å²) in [5.41, 5.74) is 0. The van der Waals surface area contributed by atoms with Crippen LogP contribution in [0.4, 0.5) is 13.2 Å². The summed E-state index contributed by atoms with van der Waals surface area (Å²) in [5, 5.41) is 8.70. The molecule has 88 valence electrons. The summed E-state index contributed by atoms with van der Waals surface area (Å²) in [7, 11) is 0. The molecule has 1 rings (SSSR count). The van der Waals surface area contributed by atoms with Crippen molar-refractivity contribution in [2.45, 2.75) is 38.0 Å². The van der Waals surface area contributed by atoms with Crippen LogP contribution in [0.2, 0.25) is 0 Å². The van der Waals surface area contributed by atoms with Gasteiger partial charge in [0.25, 0.3) is 0 Å². The molecule has 3 nitrogen and oxygen atoms in total. The smallest absolute Gasteiger partial charge is 0.389 e. The topological polar surface area (TPSA) is 46.5 Å². The summed E-state index contributed by atoms with van der Waals surface area (Å²) in [6.45, 7) is -0.146. The molecule has 1 unspecified atom stereocenters. The lowest BCUT2D eigenvalue weighted by atomic mass is 10.2. The first kappa shape index (κ1) is 12.3. The molecule has 1 atom stereocenters. The normalized spacial score (nSPS) is 18.9. The zero-order valence-electron chi connectivity index (χ0n) is 8.09. The lowest BCUT2D eigenvalue weighted by Gasteiger charge is -2.12. The fourth-order valence-electron chi connectivity index (χ4n) is 1.29. The molecule has 0 radical (unpaired) electrons. The number of carbonyl (C=O) groups is 1. The number of rotatable bonds is 6. The number of halogens is 3. The van der Waals surface area contributed by atoms with Gasteiger partial charge in [0.15, 0.2) is 6.10 Å². The van der Waals surface area contributed by atoms with Crippen LogP contribution in [0.5, 0.6) is 0 Å². The Bertz CT molecular complexity index is 223. The van der Waals surface area contributed by atoms with E-state index in [2.05, 4.69) is 0 Å². The Labute approximate surface area is 85.2 Å². The predicted octanol–water partition coefficient (Wildman–Crippen LogP) is 2.21. The second kappa shape index (κ2) is 4.83. The van der Waals surface area contributed by atoms with Crippen molar-refractivity contribution in [3.8, 4) is 0 Å². The Kier molecular flexibility index (Phi) is 3.96. The van der Waals surface area contributed by atoms with Crippen LogP contribution in [0.3, 0.4) is 0 Å². The Morgan fingerprint density at radius 1 is 1.47 bits per heavy atom. The highest BCUT2D eigenvalue weighted by Gasteiger charge is 2.37. The first-order chi connectivity index (χ1) is 6.90. The van der Waals surface area contributed by atoms with Crippen molar-refractivity contribution in [2.75, 3.05) is 6.61 Å². The van der Waals surface area contributed by atoms with E-state index in [4.69, 9.17) is 9.84 Å². The minimum absolute atomic E-state index is 0.00612. The SMILES string of the molecule is O=C(O)C(OCCCC(F)(F)F)C1CC1. The molecular formula is C9H13F3O3. The maximum Gasteiger partial charge on any atom is 0.389 e. The number of hydrogen-bond donors (Lipinski definition) is 1. The summed E-state index contributed by atoms with van der Waals surface area (Å²) in [5.74, 6) is -1.09. The van der Waals surface area contributed by atoms with E-state index < -0.39 is 24.7 Å². The van der Waals surface area contributed by atoms with Crippen LogP contribution in [0.25, 0.3) is 0 Å². The predicted molar refractivity (Wildman–Crippen MR) is 45.4 cm³/mol. The van der Waals surface area contributed by atoms with E-state index in [1.54, 1.807) is 0 Å². The summed E-state index contributed by atoms with van der Waals surface area (Å²) >= 11 is 0. The molecule has 0 saturated heterocycles. The maximum atomic E-state index is 11.7. The van der Waals surface area contributed by atoms with Gasteiger partial charge >= 0.3 is 12.1 Å². The van der Waals surface area contributed by atoms with E-state index in [9.17, 15) is 18.0 Å². The summed E-state index contributed by atoms with van der Waals surface area (Å²) in [4.78, 5) is 10.6. The molecule has 0 spiro atoms. The number of alkyl halides is 3. The second-order valence-electron chi connectivity index (χ2n) is 3.69. The van der Waals surface area contributed by atoms with Crippen LogP contribution in [0.1, 0.15) is 25.7 Å². The van der Waals surface area contributed by atoms with Crippen molar-refractivity contribution in [2.24, 2.45) is 5.92 Å². The number of carboxylic acid groups (broad SMARTS) is 1. The van der Waals surface area contributed by atoms with Gasteiger partial charge in [0.1, 0.15) is 0 Å². The standard InChI is InChI=1S/C9H13F3O3/c10-9(11,12)4-1-5-15-7(8(13)14)6-2-3-6/h6-7H,1-5H2,(H,13,14). The molecule has 0 bridgehead atoms. The van der Waals surface area contributed by atoms with E-state index in [0.29, 0.717) is 0 Å². The minimum Gasteiger partial charge on any atom is -0.479 e. The van der Waals surface area contributed by atoms with Crippen LogP contribution in [-0.4, -0.2) is 30.0 Å². The third-order valence-electron chi connectivity index (χ3n) is 2.20. The molecule has 0 aromatic carbocycles. The van der Waals surface area contributed by atoms with Crippen molar-refractivity contribution in [1.29, 1.82) is 0 Å². The molecule has 1 saturated carbocycles. The molecule has 0 amide bonds. The van der Waals surface area contributed by atoms with Crippen molar-refractivity contribution in [3.05, 3.63) is 0 Å². The molecule has 1 N–H and O–H groups in total. The van der Waals surface area contributed by atoms with E-state index in [0.717, 1.165) is 12.8 Å². The number of hydrogen-bond acceptors (Lipinski definition) is 2. The number of carboxylic acids is 1. The van der Waals surface area contributed by atoms with Gasteiger partial charge in [0.05, 0.1) is 0 Å². The fourth-order valence-corrected chi connectivity index (χ4v) is 1.29. The van der Waals surface area contributed by atoms with Gasteiger partial charge in [-0.2, -0.15) is 13.2 Å². The number of aliphatic carboxylic acids is 1. The van der Waals surface area contributed by atoms with Crippen LogP contribution < -0.4 is 0 Å². The van der Waals surface area contributed by atoms with Gasteiger partial charge in [-0.15, -0.1) is 0 Å². The highest BCUT2D eigenvalue weighted by atomic mass is 19.4. The first-order valence-corrected chi connectivity index (χ1v) is 4.81. The van der Waals surface area contributed by atoms with Crippen molar-refractivity contribution in [1.82, 2.24) is 0 Å². The fraction of sp³-hybridized carbons (Fsp3) is 0.889. The number of ether oxygens (including phenoxy) is 1. The molecule has 0 aliphatic heterocycles. The van der Waals surface area contributed by atoms with Gasteiger partial charge in [-0.25, -0.2) is 4.79 Å². The first-order valence-electron chi connectivity index (χ1n) is 4.81. The van der Waals surface area contributed by atoms with E-state index in [1.165, 1.54) is 0 Å². The van der Waals surface area contributed by atoms with Crippen LogP contribution >= 0.6 is 0 Å². The molecule has 1 aliphatic carbocycles. The zero-order chi connectivity index (χ0) is 11.5. The quantitative estimate of drug-likeness (QED) is 0.706. The molecule has 0 heterocycles. The Morgan fingerprint density at radius 2 is 2.07 bits per heavy atom. The van der Waals surface area contributed by atoms with E-state index >= 15 is 0 Å². The highest BCUT2D eigenvalue weighted by Crippen LogP contribution is 2.34. The van der Waals surface area contributed by atoms with Gasteiger partial charge < -0.3 is 9.84 Å². The largest absolute Gasteiger partial charge is 0.479 e. The Balaban J connectivity index is 2.15. The molecule has 0 aromatic rings. The van der Waals surface area contributed by atoms with Gasteiger partial charge in [-0.3, -0.25) is 0 Å². The summed E-state index contributed by atoms with van der Waals surface area (Å²) in [6, 6.07) is 0. The molecular weight excluding hydrogens is 213 g/mol. The third kappa shape index (κ3) is 5.01. The van der Waals surface area contributed by atoms with Crippen molar-refractivity contribution in [3.63, 3.8) is 0 Å². The minimum atomic E-state index is -4.19. The Morgan fingerprint density at radius 3 is 2.47 bits per heavy atom. The second-order valence-corrected chi connectivity index (χ2v) is 3.69. The molecule has 1 aliphatic rings. The van der Waals surface area contributed by atoms with E-state index in [1.807, 2.05) is 0 Å². The van der Waals surface area contributed by atoms with Gasteiger partial charge in [0.2, 0.25) is 0 Å². The monoisotopic (exact) mass is 226 g/mol. The highest BCUT2D eigenvalue weighted by molar-refractivity contribution is 5.73. The third-order valence-corrected chi connectivity index (χ3v) is 2.20. The molecule has 1 fully saturated rings. The van der Waals surface area contributed by atoms with Crippen LogP contribution in [0, 0.1) is 5.92 Å². The summed E-state index contributed by atoms with van der Waals surface area (Å²) in [6.07, 6.45) is -4.64. The Hall–Kier alpha value is -0.780. The molecule has 0 aromatic heterocycles. The van der Waals surface area contributed by atoms with Gasteiger partial charge in [0, 0.05) is 13.0 Å². The van der Waals surface area contributed by atoms with Crippen molar-refractivity contribution < 1.29 is 27.8 Å². The average molecular weight is 226 g/mol. The lowest BCUT2D eigenvalue weighted by Crippen LogP contribution is -2.26. The maximum absolute atomic E-state index is 11.7. The van der Waals surface area contributed by atoms with Crippen LogP contribution in [-0.2, 0) is 9.53 Å².